The molecule has 6 heteroatoms. The number of aryl methyl sites for hydroxylation is 1. The Morgan fingerprint density at radius 3 is 2.60 bits per heavy atom. The Morgan fingerprint density at radius 2 is 1.96 bits per heavy atom. The van der Waals surface area contributed by atoms with Gasteiger partial charge in [0.25, 0.3) is 0 Å². The van der Waals surface area contributed by atoms with Gasteiger partial charge in [0.1, 0.15) is 0 Å². The second kappa shape index (κ2) is 9.99. The standard InChI is InChI=1S/C11H8N.C8H8N3S.Ir/c1-2-6-10(7-3-1)11-8-4-5-9-12-11;1-2-11-6-9-5-7(11)8-10-3-4-12-8;/h1-6,8-9H;3-4,6H,2H2,1H3;/q2*-1;. The molecule has 0 spiro atoms. The average Bonchev–Trinajstić information content (AvgIpc) is 3.35. The topological polar surface area (TPSA) is 43.6 Å². The number of rotatable bonds is 3. The molecule has 0 amide bonds. The largest absolute Gasteiger partial charge is 0.402 e. The molecular weight excluding hydrogens is 509 g/mol. The van der Waals surface area contributed by atoms with E-state index in [1.54, 1.807) is 30.1 Å². The van der Waals surface area contributed by atoms with Crippen LogP contribution in [0.15, 0.2) is 66.6 Å². The summed E-state index contributed by atoms with van der Waals surface area (Å²) >= 11 is 1.61. The van der Waals surface area contributed by atoms with Gasteiger partial charge >= 0.3 is 0 Å². The fraction of sp³-hybridized carbons (Fsp3) is 0.105. The maximum absolute atomic E-state index is 4.22. The van der Waals surface area contributed by atoms with E-state index in [0.717, 1.165) is 28.5 Å². The molecule has 129 valence electrons. The van der Waals surface area contributed by atoms with Gasteiger partial charge in [0.05, 0.1) is 0 Å². The van der Waals surface area contributed by atoms with Crippen molar-refractivity contribution < 1.29 is 20.1 Å². The fourth-order valence-electron chi connectivity index (χ4n) is 2.11. The molecule has 1 radical (unpaired) electrons. The number of thiazole rings is 1. The number of imidazole rings is 1. The van der Waals surface area contributed by atoms with Crippen LogP contribution in [0.1, 0.15) is 6.92 Å². The molecule has 0 bridgehead atoms. The van der Waals surface area contributed by atoms with Gasteiger partial charge in [0.15, 0.2) is 0 Å². The molecule has 3 aromatic heterocycles. The zero-order valence-corrected chi connectivity index (χ0v) is 16.8. The van der Waals surface area contributed by atoms with Crippen LogP contribution in [0.3, 0.4) is 0 Å². The van der Waals surface area contributed by atoms with Crippen molar-refractivity contribution in [2.24, 2.45) is 0 Å². The third kappa shape index (κ3) is 5.16. The van der Waals surface area contributed by atoms with Crippen molar-refractivity contribution in [1.29, 1.82) is 0 Å². The van der Waals surface area contributed by atoms with Gasteiger partial charge < -0.3 is 19.5 Å². The molecule has 0 atom stereocenters. The van der Waals surface area contributed by atoms with Crippen molar-refractivity contribution in [1.82, 2.24) is 19.5 Å². The summed E-state index contributed by atoms with van der Waals surface area (Å²) in [5, 5.41) is 2.94. The molecule has 0 saturated carbocycles. The predicted octanol–water partition coefficient (Wildman–Crippen LogP) is 4.37. The second-order valence-electron chi connectivity index (χ2n) is 4.82. The Morgan fingerprint density at radius 1 is 1.08 bits per heavy atom. The molecule has 0 saturated heterocycles. The summed E-state index contributed by atoms with van der Waals surface area (Å²) in [6.07, 6.45) is 8.27. The Hall–Kier alpha value is -2.14. The Bertz CT molecular complexity index is 808. The molecule has 4 rings (SSSR count). The molecule has 0 unspecified atom stereocenters. The van der Waals surface area contributed by atoms with Crippen LogP contribution in [-0.4, -0.2) is 19.5 Å². The number of benzene rings is 1. The van der Waals surface area contributed by atoms with Crippen molar-refractivity contribution in [2.45, 2.75) is 13.5 Å². The minimum Gasteiger partial charge on any atom is -0.402 e. The van der Waals surface area contributed by atoms with E-state index in [-0.39, 0.29) is 20.1 Å². The van der Waals surface area contributed by atoms with Gasteiger partial charge in [-0.3, -0.25) is 0 Å². The van der Waals surface area contributed by atoms with E-state index >= 15 is 0 Å². The van der Waals surface area contributed by atoms with E-state index in [2.05, 4.69) is 34.1 Å². The SMILES string of the molecule is CCn1cn[c-]c1-c1nccs1.[Ir].[c-]1ccccc1-c1ccccn1. The molecule has 1 aromatic carbocycles. The Balaban J connectivity index is 0.000000173. The summed E-state index contributed by atoms with van der Waals surface area (Å²) in [6, 6.07) is 16.8. The molecule has 4 aromatic rings. The van der Waals surface area contributed by atoms with Crippen LogP contribution in [0.5, 0.6) is 0 Å². The van der Waals surface area contributed by atoms with E-state index in [4.69, 9.17) is 0 Å². The molecule has 3 heterocycles. The molecule has 4 nitrogen and oxygen atoms in total. The van der Waals surface area contributed by atoms with Crippen molar-refractivity contribution in [3.05, 3.63) is 78.8 Å². The summed E-state index contributed by atoms with van der Waals surface area (Å²) in [7, 11) is 0. The maximum Gasteiger partial charge on any atom is 0.0396 e. The van der Waals surface area contributed by atoms with Crippen LogP contribution >= 0.6 is 11.3 Å². The fourth-order valence-corrected chi connectivity index (χ4v) is 2.75. The van der Waals surface area contributed by atoms with Crippen LogP contribution in [-0.2, 0) is 26.7 Å². The van der Waals surface area contributed by atoms with Crippen LogP contribution in [0, 0.1) is 12.3 Å². The summed E-state index contributed by atoms with van der Waals surface area (Å²) in [4.78, 5) is 12.4. The smallest absolute Gasteiger partial charge is 0.0396 e. The summed E-state index contributed by atoms with van der Waals surface area (Å²) in [5.74, 6) is 0. The van der Waals surface area contributed by atoms with Gasteiger partial charge in [-0.05, 0) is 36.1 Å². The number of hydrogen-bond acceptors (Lipinski definition) is 4. The van der Waals surface area contributed by atoms with E-state index in [0.29, 0.717) is 0 Å². The normalized spacial score (nSPS) is 9.64. The first-order valence-electron chi connectivity index (χ1n) is 7.59. The van der Waals surface area contributed by atoms with Crippen molar-refractivity contribution in [3.63, 3.8) is 0 Å². The molecule has 0 fully saturated rings. The monoisotopic (exact) mass is 525 g/mol. The van der Waals surface area contributed by atoms with Gasteiger partial charge in [0.2, 0.25) is 0 Å². The number of hydrogen-bond donors (Lipinski definition) is 0. The third-order valence-electron chi connectivity index (χ3n) is 3.28. The Labute approximate surface area is 165 Å². The van der Waals surface area contributed by atoms with Crippen molar-refractivity contribution in [3.8, 4) is 22.0 Å². The van der Waals surface area contributed by atoms with Crippen LogP contribution in [0.25, 0.3) is 22.0 Å². The van der Waals surface area contributed by atoms with Gasteiger partial charge in [0, 0.05) is 44.1 Å². The minimum atomic E-state index is 0. The van der Waals surface area contributed by atoms with Crippen molar-refractivity contribution >= 4 is 11.3 Å². The second-order valence-corrected chi connectivity index (χ2v) is 5.71. The van der Waals surface area contributed by atoms with Crippen LogP contribution in [0.2, 0.25) is 0 Å². The van der Waals surface area contributed by atoms with E-state index in [9.17, 15) is 0 Å². The van der Waals surface area contributed by atoms with Crippen molar-refractivity contribution in [2.75, 3.05) is 0 Å². The summed E-state index contributed by atoms with van der Waals surface area (Å²) in [5.41, 5.74) is 2.99. The average molecular weight is 525 g/mol. The zero-order valence-electron chi connectivity index (χ0n) is 13.6. The van der Waals surface area contributed by atoms with Crippen LogP contribution in [0.4, 0.5) is 0 Å². The predicted molar refractivity (Wildman–Crippen MR) is 96.4 cm³/mol. The van der Waals surface area contributed by atoms with Crippen LogP contribution < -0.4 is 0 Å². The summed E-state index contributed by atoms with van der Waals surface area (Å²) < 4.78 is 2.03. The zero-order chi connectivity index (χ0) is 16.6. The first-order chi connectivity index (χ1) is 11.9. The first kappa shape index (κ1) is 19.2. The quantitative estimate of drug-likeness (QED) is 0.374. The Kier molecular flexibility index (Phi) is 7.67. The molecule has 0 aliphatic carbocycles. The number of nitrogens with zero attached hydrogens (tertiary/aromatic N) is 4. The minimum absolute atomic E-state index is 0. The number of pyridine rings is 1. The van der Waals surface area contributed by atoms with Gasteiger partial charge in [-0.2, -0.15) is 11.3 Å². The molecule has 0 N–H and O–H groups in total. The van der Waals surface area contributed by atoms with E-state index in [1.807, 2.05) is 52.4 Å². The third-order valence-corrected chi connectivity index (χ3v) is 4.06. The summed E-state index contributed by atoms with van der Waals surface area (Å²) in [6.45, 7) is 2.98. The number of aromatic nitrogens is 4. The van der Waals surface area contributed by atoms with Gasteiger partial charge in [-0.15, -0.1) is 35.9 Å². The van der Waals surface area contributed by atoms with Gasteiger partial charge in [-0.25, -0.2) is 0 Å². The van der Waals surface area contributed by atoms with E-state index in [1.165, 1.54) is 0 Å². The first-order valence-corrected chi connectivity index (χ1v) is 8.47. The van der Waals surface area contributed by atoms with E-state index < -0.39 is 0 Å². The maximum atomic E-state index is 4.22. The molecule has 0 aliphatic heterocycles. The molecule has 0 aliphatic rings. The van der Waals surface area contributed by atoms with Gasteiger partial charge in [-0.1, -0.05) is 18.3 Å². The molecule has 25 heavy (non-hydrogen) atoms. The molecular formula is C19H16IrN4S-2.